The van der Waals surface area contributed by atoms with Crippen LogP contribution in [0.5, 0.6) is 5.75 Å². The van der Waals surface area contributed by atoms with Crippen LogP contribution in [0, 0.1) is 0 Å². The van der Waals surface area contributed by atoms with Crippen LogP contribution in [0.25, 0.3) is 21.5 Å². The van der Waals surface area contributed by atoms with E-state index in [1.165, 1.54) is 16.3 Å². The Balaban J connectivity index is 2.19. The van der Waals surface area contributed by atoms with Gasteiger partial charge in [0, 0.05) is 0 Å². The first-order chi connectivity index (χ1) is 11.9. The summed E-state index contributed by atoms with van der Waals surface area (Å²) < 4.78 is 16.6. The fraction of sp³-hybridized carbons (Fsp3) is 0.300. The summed E-state index contributed by atoms with van der Waals surface area (Å²) in [5.74, 6) is 0.388. The number of aryl methyl sites for hydroxylation is 2. The number of fused-ring (bicyclic) bond motifs is 2. The Kier molecular flexibility index (Phi) is 5.43. The molecule has 3 rings (SSSR count). The van der Waals surface area contributed by atoms with Crippen LogP contribution < -0.4 is 4.52 Å². The van der Waals surface area contributed by atoms with E-state index in [0.29, 0.717) is 5.75 Å². The van der Waals surface area contributed by atoms with E-state index in [2.05, 4.69) is 56.4 Å². The number of hydrogen-bond acceptors (Lipinski definition) is 2. The van der Waals surface area contributed by atoms with Crippen LogP contribution >= 0.6 is 19.0 Å². The van der Waals surface area contributed by atoms with E-state index in [1.54, 1.807) is 0 Å². The summed E-state index contributed by atoms with van der Waals surface area (Å²) in [6.07, 6.45) is 4.09. The summed E-state index contributed by atoms with van der Waals surface area (Å²) in [5, 5.41) is 4.57. The first-order valence-electron chi connectivity index (χ1n) is 8.64. The minimum atomic E-state index is -3.87. The van der Waals surface area contributed by atoms with Crippen LogP contribution in [-0.2, 0) is 17.4 Å². The Morgan fingerprint density at radius 2 is 1.72 bits per heavy atom. The van der Waals surface area contributed by atoms with Crippen molar-refractivity contribution in [3.05, 3.63) is 53.6 Å². The zero-order chi connectivity index (χ0) is 18.0. The fourth-order valence-electron chi connectivity index (χ4n) is 3.32. The molecule has 0 saturated heterocycles. The molecule has 1 N–H and O–H groups in total. The highest BCUT2D eigenvalue weighted by Crippen LogP contribution is 2.47. The van der Waals surface area contributed by atoms with Gasteiger partial charge in [0.1, 0.15) is 5.75 Å². The molecular weight excluding hydrogens is 351 g/mol. The van der Waals surface area contributed by atoms with Crippen LogP contribution in [0.4, 0.5) is 0 Å². The summed E-state index contributed by atoms with van der Waals surface area (Å²) in [7, 11) is 0. The lowest BCUT2D eigenvalue weighted by Crippen LogP contribution is -1.92. The maximum Gasteiger partial charge on any atom is 0.434 e. The number of benzene rings is 3. The first kappa shape index (κ1) is 18.3. The molecule has 0 aliphatic heterocycles. The van der Waals surface area contributed by atoms with E-state index < -0.39 is 6.80 Å². The third-order valence-corrected chi connectivity index (χ3v) is 5.01. The van der Waals surface area contributed by atoms with Crippen LogP contribution in [-0.4, -0.2) is 4.89 Å². The van der Waals surface area contributed by atoms with Crippen LogP contribution in [0.15, 0.2) is 42.5 Å². The molecule has 0 fully saturated rings. The molecule has 0 aliphatic carbocycles. The average Bonchev–Trinajstić information content (AvgIpc) is 2.52. The van der Waals surface area contributed by atoms with Crippen molar-refractivity contribution in [3.8, 4) is 5.75 Å². The van der Waals surface area contributed by atoms with Crippen molar-refractivity contribution in [2.45, 2.75) is 39.5 Å². The Hall–Kier alpha value is -1.48. The SMILES string of the molecule is CCCc1ccc2cc3cc(OP(=O)(O)S)cc(CCC)c3cc2c1. The van der Waals surface area contributed by atoms with E-state index in [4.69, 9.17) is 4.52 Å². The predicted octanol–water partition coefficient (Wildman–Crippen LogP) is 6.31. The van der Waals surface area contributed by atoms with Crippen molar-refractivity contribution < 1.29 is 14.0 Å². The molecule has 0 aromatic heterocycles. The molecule has 0 saturated carbocycles. The molecule has 5 heteroatoms. The third kappa shape index (κ3) is 4.38. The van der Waals surface area contributed by atoms with Crippen molar-refractivity contribution >= 4 is 40.6 Å². The van der Waals surface area contributed by atoms with E-state index in [9.17, 15) is 9.46 Å². The highest BCUT2D eigenvalue weighted by atomic mass is 32.7. The minimum absolute atomic E-state index is 0.388. The molecule has 0 aliphatic rings. The molecule has 1 atom stereocenters. The summed E-state index contributed by atoms with van der Waals surface area (Å²) in [6.45, 7) is 0.435. The standard InChI is InChI=1S/C20H23O3PS/c1-3-5-14-7-8-15-10-18-12-19(23-24(21,22)25)11-16(6-4-2)20(18)13-17(15)9-14/h7-13H,3-6H2,1-2H3,(H2,21,22,25). The molecule has 0 radical (unpaired) electrons. The maximum absolute atomic E-state index is 11.5. The molecule has 3 nitrogen and oxygen atoms in total. The molecule has 132 valence electrons. The monoisotopic (exact) mass is 374 g/mol. The molecule has 0 amide bonds. The highest BCUT2D eigenvalue weighted by molar-refractivity contribution is 8.44. The van der Waals surface area contributed by atoms with Crippen LogP contribution in [0.2, 0.25) is 0 Å². The second-order valence-corrected chi connectivity index (χ2v) is 9.10. The van der Waals surface area contributed by atoms with E-state index in [-0.39, 0.29) is 0 Å². The fourth-order valence-corrected chi connectivity index (χ4v) is 3.98. The van der Waals surface area contributed by atoms with Crippen molar-refractivity contribution in [2.24, 2.45) is 0 Å². The minimum Gasteiger partial charge on any atom is -0.417 e. The number of rotatable bonds is 6. The predicted molar refractivity (Wildman–Crippen MR) is 109 cm³/mol. The van der Waals surface area contributed by atoms with Gasteiger partial charge in [-0.15, -0.1) is 0 Å². The Morgan fingerprint density at radius 3 is 2.40 bits per heavy atom. The number of hydrogen-bond donors (Lipinski definition) is 2. The van der Waals surface area contributed by atoms with E-state index in [0.717, 1.165) is 42.0 Å². The third-order valence-electron chi connectivity index (χ3n) is 4.32. The molecule has 3 aromatic carbocycles. The van der Waals surface area contributed by atoms with Gasteiger partial charge < -0.3 is 9.42 Å². The summed E-state index contributed by atoms with van der Waals surface area (Å²) in [4.78, 5) is 9.41. The molecular formula is C20H23O3PS. The maximum atomic E-state index is 11.5. The summed E-state index contributed by atoms with van der Waals surface area (Å²) >= 11 is 3.63. The zero-order valence-corrected chi connectivity index (χ0v) is 16.3. The largest absolute Gasteiger partial charge is 0.434 e. The van der Waals surface area contributed by atoms with Crippen LogP contribution in [0.3, 0.4) is 0 Å². The normalized spacial score (nSPS) is 13.9. The summed E-state index contributed by atoms with van der Waals surface area (Å²) in [6, 6.07) is 14.6. The van der Waals surface area contributed by atoms with Gasteiger partial charge in [0.25, 0.3) is 0 Å². The quantitative estimate of drug-likeness (QED) is 0.302. The molecule has 1 unspecified atom stereocenters. The van der Waals surface area contributed by atoms with Gasteiger partial charge in [0.15, 0.2) is 0 Å². The molecule has 0 heterocycles. The molecule has 25 heavy (non-hydrogen) atoms. The van der Waals surface area contributed by atoms with Gasteiger partial charge in [0.2, 0.25) is 0 Å². The molecule has 3 aromatic rings. The molecule has 0 bridgehead atoms. The van der Waals surface area contributed by atoms with Gasteiger partial charge in [0.05, 0.1) is 0 Å². The molecule has 0 spiro atoms. The topological polar surface area (TPSA) is 46.5 Å². The Labute approximate surface area is 153 Å². The lowest BCUT2D eigenvalue weighted by molar-refractivity contribution is 0.403. The van der Waals surface area contributed by atoms with E-state index >= 15 is 0 Å². The van der Waals surface area contributed by atoms with Gasteiger partial charge in [-0.3, -0.25) is 0 Å². The van der Waals surface area contributed by atoms with Gasteiger partial charge in [-0.2, -0.15) is 0 Å². The second-order valence-electron chi connectivity index (χ2n) is 6.42. The lowest BCUT2D eigenvalue weighted by atomic mass is 9.96. The van der Waals surface area contributed by atoms with Gasteiger partial charge in [-0.1, -0.05) is 44.9 Å². The van der Waals surface area contributed by atoms with Gasteiger partial charge >= 0.3 is 6.80 Å². The Bertz CT molecular complexity index is 962. The van der Waals surface area contributed by atoms with Crippen molar-refractivity contribution in [2.75, 3.05) is 0 Å². The first-order valence-corrected chi connectivity index (χ1v) is 11.4. The second kappa shape index (κ2) is 7.41. The van der Waals surface area contributed by atoms with E-state index in [1.807, 2.05) is 12.1 Å². The van der Waals surface area contributed by atoms with Crippen molar-refractivity contribution in [3.63, 3.8) is 0 Å². The summed E-state index contributed by atoms with van der Waals surface area (Å²) in [5.41, 5.74) is 2.47. The smallest absolute Gasteiger partial charge is 0.417 e. The van der Waals surface area contributed by atoms with Crippen molar-refractivity contribution in [1.82, 2.24) is 0 Å². The van der Waals surface area contributed by atoms with Crippen LogP contribution in [0.1, 0.15) is 37.8 Å². The average molecular weight is 374 g/mol. The lowest BCUT2D eigenvalue weighted by Gasteiger charge is -2.13. The van der Waals surface area contributed by atoms with Crippen molar-refractivity contribution in [1.29, 1.82) is 0 Å². The van der Waals surface area contributed by atoms with Gasteiger partial charge in [-0.05, 0) is 82.0 Å². The Morgan fingerprint density at radius 1 is 0.960 bits per heavy atom. The number of thiol groups is 1. The highest BCUT2D eigenvalue weighted by Gasteiger charge is 2.15. The van der Waals surface area contributed by atoms with Gasteiger partial charge in [-0.25, -0.2) is 4.57 Å². The zero-order valence-electron chi connectivity index (χ0n) is 14.5.